The highest BCUT2D eigenvalue weighted by atomic mass is 16.4. The number of nitrogens with zero attached hydrogens (tertiary/aromatic N) is 2. The van der Waals surface area contributed by atoms with Crippen LogP contribution in [-0.2, 0) is 11.2 Å². The van der Waals surface area contributed by atoms with Crippen LogP contribution < -0.4 is 0 Å². The third-order valence-electron chi connectivity index (χ3n) is 2.89. The summed E-state index contributed by atoms with van der Waals surface area (Å²) in [5, 5.41) is 9.16. The van der Waals surface area contributed by atoms with Gasteiger partial charge in [-0.05, 0) is 25.5 Å². The van der Waals surface area contributed by atoms with Crippen LogP contribution in [-0.4, -0.2) is 20.6 Å². The fourth-order valence-corrected chi connectivity index (χ4v) is 2.04. The minimum absolute atomic E-state index is 0.580. The van der Waals surface area contributed by atoms with E-state index in [0.717, 1.165) is 29.7 Å². The van der Waals surface area contributed by atoms with Gasteiger partial charge in [-0.25, -0.2) is 9.78 Å². The van der Waals surface area contributed by atoms with Gasteiger partial charge < -0.3 is 9.67 Å². The summed E-state index contributed by atoms with van der Waals surface area (Å²) in [6.45, 7) is 3.75. The molecule has 2 aromatic rings. The number of carboxylic acids is 1. The van der Waals surface area contributed by atoms with Gasteiger partial charge in [-0.15, -0.1) is 0 Å². The predicted molar refractivity (Wildman–Crippen MR) is 66.1 cm³/mol. The van der Waals surface area contributed by atoms with E-state index in [-0.39, 0.29) is 0 Å². The van der Waals surface area contributed by atoms with Gasteiger partial charge in [-0.3, -0.25) is 0 Å². The topological polar surface area (TPSA) is 55.1 Å². The maximum Gasteiger partial charge on any atom is 0.326 e. The highest BCUT2D eigenvalue weighted by molar-refractivity contribution is 5.80. The predicted octanol–water partition coefficient (Wildman–Crippen LogP) is 2.63. The van der Waals surface area contributed by atoms with Crippen molar-refractivity contribution < 1.29 is 9.90 Å². The summed E-state index contributed by atoms with van der Waals surface area (Å²) in [5.41, 5.74) is 1.76. The Morgan fingerprint density at radius 1 is 1.47 bits per heavy atom. The number of carbonyl (C=O) groups is 1. The third kappa shape index (κ3) is 2.02. The number of imidazole rings is 1. The van der Waals surface area contributed by atoms with Crippen molar-refractivity contribution in [2.75, 3.05) is 0 Å². The molecular weight excluding hydrogens is 216 g/mol. The number of carboxylic acid groups (broad SMARTS) is 1. The van der Waals surface area contributed by atoms with E-state index < -0.39 is 12.0 Å². The highest BCUT2D eigenvalue weighted by Gasteiger charge is 2.19. The van der Waals surface area contributed by atoms with Gasteiger partial charge in [0.25, 0.3) is 0 Å². The normalized spacial score (nSPS) is 12.8. The molecule has 1 aromatic heterocycles. The molecule has 0 saturated heterocycles. The second-order valence-electron chi connectivity index (χ2n) is 4.15. The smallest absolute Gasteiger partial charge is 0.326 e. The standard InChI is InChI=1S/C13H16N2O2/c1-3-6-12-14-10-7-4-5-8-11(10)15(12)9(2)13(16)17/h4-5,7-9H,3,6H2,1-2H3,(H,16,17). The average Bonchev–Trinajstić information content (AvgIpc) is 2.66. The molecule has 0 spiro atoms. The summed E-state index contributed by atoms with van der Waals surface area (Å²) in [6.07, 6.45) is 1.75. The second kappa shape index (κ2) is 4.57. The van der Waals surface area contributed by atoms with Crippen LogP contribution in [0.4, 0.5) is 0 Å². The van der Waals surface area contributed by atoms with Crippen molar-refractivity contribution in [3.05, 3.63) is 30.1 Å². The average molecular weight is 232 g/mol. The van der Waals surface area contributed by atoms with Crippen LogP contribution in [0.2, 0.25) is 0 Å². The van der Waals surface area contributed by atoms with Crippen LogP contribution in [0.1, 0.15) is 32.1 Å². The van der Waals surface area contributed by atoms with Crippen LogP contribution in [0.15, 0.2) is 24.3 Å². The number of para-hydroxylation sites is 2. The fraction of sp³-hybridized carbons (Fsp3) is 0.385. The lowest BCUT2D eigenvalue weighted by Crippen LogP contribution is -2.17. The Morgan fingerprint density at radius 3 is 2.82 bits per heavy atom. The minimum Gasteiger partial charge on any atom is -0.480 e. The molecule has 0 bridgehead atoms. The van der Waals surface area contributed by atoms with Crippen molar-refractivity contribution >= 4 is 17.0 Å². The van der Waals surface area contributed by atoms with Gasteiger partial charge in [0.2, 0.25) is 0 Å². The van der Waals surface area contributed by atoms with Gasteiger partial charge in [0, 0.05) is 6.42 Å². The molecule has 17 heavy (non-hydrogen) atoms. The molecule has 0 amide bonds. The zero-order chi connectivity index (χ0) is 12.4. The first-order chi connectivity index (χ1) is 8.15. The van der Waals surface area contributed by atoms with E-state index in [9.17, 15) is 4.79 Å². The molecule has 0 fully saturated rings. The van der Waals surface area contributed by atoms with E-state index in [4.69, 9.17) is 5.11 Å². The molecule has 0 saturated carbocycles. The Hall–Kier alpha value is -1.84. The molecule has 2 rings (SSSR count). The zero-order valence-corrected chi connectivity index (χ0v) is 10.1. The number of hydrogen-bond acceptors (Lipinski definition) is 2. The van der Waals surface area contributed by atoms with Crippen LogP contribution in [0.5, 0.6) is 0 Å². The molecule has 1 unspecified atom stereocenters. The molecule has 4 heteroatoms. The van der Waals surface area contributed by atoms with E-state index in [0.29, 0.717) is 0 Å². The molecule has 1 atom stereocenters. The first-order valence-corrected chi connectivity index (χ1v) is 5.83. The maximum atomic E-state index is 11.1. The molecule has 0 radical (unpaired) electrons. The van der Waals surface area contributed by atoms with Gasteiger partial charge in [0.1, 0.15) is 11.9 Å². The Labute approximate surface area is 99.9 Å². The second-order valence-corrected chi connectivity index (χ2v) is 4.15. The van der Waals surface area contributed by atoms with Crippen LogP contribution in [0.25, 0.3) is 11.0 Å². The number of aromatic nitrogens is 2. The molecule has 1 heterocycles. The molecule has 0 aliphatic heterocycles. The van der Waals surface area contributed by atoms with Gasteiger partial charge in [-0.2, -0.15) is 0 Å². The quantitative estimate of drug-likeness (QED) is 0.881. The Kier molecular flexibility index (Phi) is 3.13. The molecule has 0 aliphatic carbocycles. The van der Waals surface area contributed by atoms with Gasteiger partial charge in [0.05, 0.1) is 11.0 Å². The number of hydrogen-bond donors (Lipinski definition) is 1. The van der Waals surface area contributed by atoms with E-state index in [2.05, 4.69) is 11.9 Å². The van der Waals surface area contributed by atoms with Crippen molar-refractivity contribution in [2.24, 2.45) is 0 Å². The Balaban J connectivity index is 2.63. The Bertz CT molecular complexity index is 545. The van der Waals surface area contributed by atoms with Gasteiger partial charge in [0.15, 0.2) is 0 Å². The van der Waals surface area contributed by atoms with E-state index in [1.54, 1.807) is 6.92 Å². The van der Waals surface area contributed by atoms with Crippen LogP contribution in [0, 0.1) is 0 Å². The fourth-order valence-electron chi connectivity index (χ4n) is 2.04. The SMILES string of the molecule is CCCc1nc2ccccc2n1C(C)C(=O)O. The molecule has 0 aliphatic rings. The lowest BCUT2D eigenvalue weighted by molar-refractivity contribution is -0.140. The van der Waals surface area contributed by atoms with Gasteiger partial charge >= 0.3 is 5.97 Å². The molecule has 1 N–H and O–H groups in total. The van der Waals surface area contributed by atoms with Crippen molar-refractivity contribution in [2.45, 2.75) is 32.7 Å². The zero-order valence-electron chi connectivity index (χ0n) is 10.1. The summed E-state index contributed by atoms with van der Waals surface area (Å²) in [7, 11) is 0. The van der Waals surface area contributed by atoms with Crippen LogP contribution in [0.3, 0.4) is 0 Å². The number of fused-ring (bicyclic) bond motifs is 1. The molecular formula is C13H16N2O2. The number of rotatable bonds is 4. The largest absolute Gasteiger partial charge is 0.480 e. The molecule has 4 nitrogen and oxygen atoms in total. The van der Waals surface area contributed by atoms with Crippen molar-refractivity contribution in [3.63, 3.8) is 0 Å². The first kappa shape index (κ1) is 11.6. The van der Waals surface area contributed by atoms with E-state index in [1.165, 1.54) is 0 Å². The van der Waals surface area contributed by atoms with Crippen LogP contribution >= 0.6 is 0 Å². The van der Waals surface area contributed by atoms with Crippen molar-refractivity contribution in [3.8, 4) is 0 Å². The van der Waals surface area contributed by atoms with Gasteiger partial charge in [-0.1, -0.05) is 19.1 Å². The van der Waals surface area contributed by atoms with E-state index >= 15 is 0 Å². The summed E-state index contributed by atoms with van der Waals surface area (Å²) in [6, 6.07) is 7.08. The molecule has 90 valence electrons. The third-order valence-corrected chi connectivity index (χ3v) is 2.89. The number of benzene rings is 1. The van der Waals surface area contributed by atoms with Crippen molar-refractivity contribution in [1.29, 1.82) is 0 Å². The highest BCUT2D eigenvalue weighted by Crippen LogP contribution is 2.22. The number of aliphatic carboxylic acids is 1. The lowest BCUT2D eigenvalue weighted by Gasteiger charge is -2.13. The molecule has 1 aromatic carbocycles. The summed E-state index contributed by atoms with van der Waals surface area (Å²) < 4.78 is 1.82. The van der Waals surface area contributed by atoms with Crippen molar-refractivity contribution in [1.82, 2.24) is 9.55 Å². The minimum atomic E-state index is -0.828. The maximum absolute atomic E-state index is 11.1. The lowest BCUT2D eigenvalue weighted by atomic mass is 10.2. The summed E-state index contributed by atoms with van der Waals surface area (Å²) >= 11 is 0. The summed E-state index contributed by atoms with van der Waals surface area (Å²) in [5.74, 6) is 0.0223. The summed E-state index contributed by atoms with van der Waals surface area (Å²) in [4.78, 5) is 15.7. The number of aryl methyl sites for hydroxylation is 1. The Morgan fingerprint density at radius 2 is 2.18 bits per heavy atom. The monoisotopic (exact) mass is 232 g/mol. The first-order valence-electron chi connectivity index (χ1n) is 5.83. The van der Waals surface area contributed by atoms with E-state index in [1.807, 2.05) is 28.8 Å².